The number of carbonyl (C=O) groups excluding carboxylic acids is 2. The van der Waals surface area contributed by atoms with Gasteiger partial charge in [-0.3, -0.25) is 14.5 Å². The summed E-state index contributed by atoms with van der Waals surface area (Å²) in [6.45, 7) is 1.67. The van der Waals surface area contributed by atoms with Gasteiger partial charge in [0.15, 0.2) is 5.82 Å². The van der Waals surface area contributed by atoms with Crippen LogP contribution in [0.1, 0.15) is 22.9 Å². The van der Waals surface area contributed by atoms with Crippen molar-refractivity contribution in [1.29, 1.82) is 0 Å². The first-order valence-electron chi connectivity index (χ1n) is 8.56. The Labute approximate surface area is 160 Å². The summed E-state index contributed by atoms with van der Waals surface area (Å²) in [7, 11) is 0. The fourth-order valence-electron chi connectivity index (χ4n) is 3.30. The van der Waals surface area contributed by atoms with Gasteiger partial charge in [0.25, 0.3) is 5.78 Å². The lowest BCUT2D eigenvalue weighted by atomic mass is 9.95. The molecule has 7 heteroatoms. The van der Waals surface area contributed by atoms with E-state index >= 15 is 0 Å². The van der Waals surface area contributed by atoms with E-state index < -0.39 is 17.7 Å². The molecule has 3 aromatic rings. The topological polar surface area (TPSA) is 104 Å². The Hall–Kier alpha value is -3.87. The average molecular weight is 376 g/mol. The fourth-order valence-corrected chi connectivity index (χ4v) is 3.30. The van der Waals surface area contributed by atoms with Crippen molar-refractivity contribution in [3.63, 3.8) is 0 Å². The first-order chi connectivity index (χ1) is 13.5. The van der Waals surface area contributed by atoms with Crippen molar-refractivity contribution in [2.75, 3.05) is 4.90 Å². The monoisotopic (exact) mass is 376 g/mol. The molecule has 0 bridgehead atoms. The average Bonchev–Trinajstić information content (AvgIpc) is 3.23. The number of carbonyl (C=O) groups is 2. The predicted molar refractivity (Wildman–Crippen MR) is 101 cm³/mol. The highest BCUT2D eigenvalue weighted by atomic mass is 16.5. The largest absolute Gasteiger partial charge is 0.508 e. The maximum Gasteiger partial charge on any atom is 0.301 e. The number of ketones is 1. The summed E-state index contributed by atoms with van der Waals surface area (Å²) in [4.78, 5) is 26.8. The summed E-state index contributed by atoms with van der Waals surface area (Å²) >= 11 is 0. The number of amides is 1. The quantitative estimate of drug-likeness (QED) is 0.413. The minimum atomic E-state index is -0.961. The molecule has 1 amide bonds. The van der Waals surface area contributed by atoms with Crippen molar-refractivity contribution in [3.8, 4) is 5.75 Å². The lowest BCUT2D eigenvalue weighted by molar-refractivity contribution is -0.132. The van der Waals surface area contributed by atoms with Crippen LogP contribution in [0.3, 0.4) is 0 Å². The van der Waals surface area contributed by atoms with E-state index in [-0.39, 0.29) is 22.9 Å². The molecule has 7 nitrogen and oxygen atoms in total. The number of Topliss-reactive ketones (excluding diaryl/α,β-unsaturated/α-hetero) is 1. The molecule has 1 aliphatic heterocycles. The lowest BCUT2D eigenvalue weighted by Gasteiger charge is -2.22. The standard InChI is InChI=1S/C21H16N2O5/c1-12-10-16(22-28-12)23-18(14-8-5-9-15(24)11-14)17(20(26)21(23)27)19(25)13-6-3-2-4-7-13/h2-11,18,24-25H,1H3. The molecule has 1 aliphatic rings. The van der Waals surface area contributed by atoms with Crippen molar-refractivity contribution in [1.82, 2.24) is 5.16 Å². The molecule has 2 aromatic carbocycles. The predicted octanol–water partition coefficient (Wildman–Crippen LogP) is 3.31. The number of nitrogens with zero attached hydrogens (tertiary/aromatic N) is 2. The number of rotatable bonds is 3. The van der Waals surface area contributed by atoms with Crippen LogP contribution in [0.5, 0.6) is 5.75 Å². The maximum absolute atomic E-state index is 12.8. The Kier molecular flexibility index (Phi) is 4.19. The first-order valence-corrected chi connectivity index (χ1v) is 8.56. The number of aromatic nitrogens is 1. The van der Waals surface area contributed by atoms with E-state index in [2.05, 4.69) is 5.16 Å². The minimum absolute atomic E-state index is 0.0286. The Morgan fingerprint density at radius 1 is 1.07 bits per heavy atom. The van der Waals surface area contributed by atoms with E-state index in [1.54, 1.807) is 49.4 Å². The van der Waals surface area contributed by atoms with Gasteiger partial charge in [0, 0.05) is 11.6 Å². The number of aliphatic hydroxyl groups is 1. The van der Waals surface area contributed by atoms with Gasteiger partial charge in [-0.05, 0) is 24.6 Å². The smallest absolute Gasteiger partial charge is 0.301 e. The Bertz CT molecular complexity index is 1100. The molecule has 140 valence electrons. The highest BCUT2D eigenvalue weighted by Gasteiger charge is 2.48. The van der Waals surface area contributed by atoms with Gasteiger partial charge in [0.05, 0.1) is 11.6 Å². The number of benzene rings is 2. The van der Waals surface area contributed by atoms with Crippen LogP contribution in [0.4, 0.5) is 5.82 Å². The van der Waals surface area contributed by atoms with E-state index in [1.807, 2.05) is 0 Å². The molecule has 2 N–H and O–H groups in total. The van der Waals surface area contributed by atoms with Crippen LogP contribution in [-0.2, 0) is 9.59 Å². The van der Waals surface area contributed by atoms with Crippen LogP contribution in [0.25, 0.3) is 5.76 Å². The van der Waals surface area contributed by atoms with E-state index in [1.165, 1.54) is 23.1 Å². The lowest BCUT2D eigenvalue weighted by Crippen LogP contribution is -2.29. The van der Waals surface area contributed by atoms with Gasteiger partial charge in [0.1, 0.15) is 17.3 Å². The highest BCUT2D eigenvalue weighted by Crippen LogP contribution is 2.42. The third-order valence-electron chi connectivity index (χ3n) is 4.54. The summed E-state index contributed by atoms with van der Waals surface area (Å²) in [5.74, 6) is -1.38. The second kappa shape index (κ2) is 6.70. The minimum Gasteiger partial charge on any atom is -0.508 e. The number of aryl methyl sites for hydroxylation is 1. The normalized spacial score (nSPS) is 18.6. The molecular formula is C21H16N2O5. The highest BCUT2D eigenvalue weighted by molar-refractivity contribution is 6.51. The molecule has 0 aliphatic carbocycles. The van der Waals surface area contributed by atoms with Crippen LogP contribution >= 0.6 is 0 Å². The van der Waals surface area contributed by atoms with Crippen LogP contribution in [0.15, 0.2) is 70.8 Å². The summed E-state index contributed by atoms with van der Waals surface area (Å²) in [6, 6.07) is 15.2. The summed E-state index contributed by atoms with van der Waals surface area (Å²) in [5.41, 5.74) is 0.779. The Balaban J connectivity index is 1.96. The molecule has 2 heterocycles. The van der Waals surface area contributed by atoms with Crippen LogP contribution < -0.4 is 4.90 Å². The summed E-state index contributed by atoms with van der Waals surface area (Å²) in [6.07, 6.45) is 0. The second-order valence-electron chi connectivity index (χ2n) is 6.43. The van der Waals surface area contributed by atoms with E-state index in [4.69, 9.17) is 4.52 Å². The van der Waals surface area contributed by atoms with Gasteiger partial charge in [-0.25, -0.2) is 0 Å². The molecular weight excluding hydrogens is 360 g/mol. The zero-order chi connectivity index (χ0) is 19.8. The maximum atomic E-state index is 12.8. The first kappa shape index (κ1) is 17.5. The number of hydrogen-bond donors (Lipinski definition) is 2. The van der Waals surface area contributed by atoms with Crippen LogP contribution in [0.2, 0.25) is 0 Å². The zero-order valence-corrected chi connectivity index (χ0v) is 14.9. The Morgan fingerprint density at radius 2 is 1.82 bits per heavy atom. The van der Waals surface area contributed by atoms with Gasteiger partial charge in [0.2, 0.25) is 0 Å². The molecule has 1 unspecified atom stereocenters. The van der Waals surface area contributed by atoms with Crippen LogP contribution in [0, 0.1) is 6.92 Å². The number of anilines is 1. The second-order valence-corrected chi connectivity index (χ2v) is 6.43. The van der Waals surface area contributed by atoms with E-state index in [0.29, 0.717) is 16.9 Å². The molecule has 1 aromatic heterocycles. The van der Waals surface area contributed by atoms with Gasteiger partial charge in [-0.1, -0.05) is 47.6 Å². The Morgan fingerprint density at radius 3 is 2.46 bits per heavy atom. The number of phenolic OH excluding ortho intramolecular Hbond substituents is 1. The van der Waals surface area contributed by atoms with E-state index in [9.17, 15) is 19.8 Å². The molecule has 4 rings (SSSR count). The van der Waals surface area contributed by atoms with Crippen molar-refractivity contribution < 1.29 is 24.3 Å². The fraction of sp³-hybridized carbons (Fsp3) is 0.0952. The number of hydrogen-bond acceptors (Lipinski definition) is 6. The van der Waals surface area contributed by atoms with Gasteiger partial charge in [-0.15, -0.1) is 0 Å². The SMILES string of the molecule is Cc1cc(N2C(=O)C(=O)C(=C(O)c3ccccc3)C2c2cccc(O)c2)no1. The third kappa shape index (κ3) is 2.83. The zero-order valence-electron chi connectivity index (χ0n) is 14.9. The molecule has 1 saturated heterocycles. The van der Waals surface area contributed by atoms with Gasteiger partial charge in [-0.2, -0.15) is 0 Å². The summed E-state index contributed by atoms with van der Waals surface area (Å²) < 4.78 is 5.07. The third-order valence-corrected chi connectivity index (χ3v) is 4.54. The number of phenols is 1. The van der Waals surface area contributed by atoms with Gasteiger partial charge >= 0.3 is 5.91 Å². The van der Waals surface area contributed by atoms with Crippen molar-refractivity contribution in [2.24, 2.45) is 0 Å². The van der Waals surface area contributed by atoms with Crippen molar-refractivity contribution >= 4 is 23.3 Å². The van der Waals surface area contributed by atoms with Crippen molar-refractivity contribution in [2.45, 2.75) is 13.0 Å². The molecule has 28 heavy (non-hydrogen) atoms. The summed E-state index contributed by atoms with van der Waals surface area (Å²) in [5, 5.41) is 24.6. The molecule has 0 spiro atoms. The van der Waals surface area contributed by atoms with Gasteiger partial charge < -0.3 is 14.7 Å². The van der Waals surface area contributed by atoms with Crippen molar-refractivity contribution in [3.05, 3.63) is 83.1 Å². The van der Waals surface area contributed by atoms with E-state index in [0.717, 1.165) is 0 Å². The van der Waals surface area contributed by atoms with Crippen LogP contribution in [-0.4, -0.2) is 27.1 Å². The molecule has 1 atom stereocenters. The molecule has 0 saturated carbocycles. The number of aliphatic hydroxyl groups excluding tert-OH is 1. The molecule has 0 radical (unpaired) electrons. The number of aromatic hydroxyl groups is 1. The molecule has 1 fully saturated rings.